The van der Waals surface area contributed by atoms with Gasteiger partial charge in [-0.2, -0.15) is 0 Å². The van der Waals surface area contributed by atoms with Crippen molar-refractivity contribution in [1.82, 2.24) is 10.3 Å². The number of halogens is 2. The molecule has 0 spiro atoms. The van der Waals surface area contributed by atoms with Gasteiger partial charge in [-0.25, -0.2) is 4.39 Å². The van der Waals surface area contributed by atoms with E-state index >= 15 is 0 Å². The highest BCUT2D eigenvalue weighted by atomic mass is 35.5. The average molecular weight is 251 g/mol. The Labute approximate surface area is 104 Å². The summed E-state index contributed by atoms with van der Waals surface area (Å²) in [6.07, 6.45) is 1.56. The molecule has 0 saturated heterocycles. The second-order valence-electron chi connectivity index (χ2n) is 3.64. The quantitative estimate of drug-likeness (QED) is 0.905. The summed E-state index contributed by atoms with van der Waals surface area (Å²) < 4.78 is 13.7. The average Bonchev–Trinajstić information content (AvgIpc) is 2.35. The first-order chi connectivity index (χ1) is 8.22. The molecule has 0 saturated carbocycles. The highest BCUT2D eigenvalue weighted by Gasteiger charge is 2.16. The Morgan fingerprint density at radius 1 is 1.24 bits per heavy atom. The van der Waals surface area contributed by atoms with Crippen molar-refractivity contribution < 1.29 is 4.39 Å². The molecule has 1 unspecified atom stereocenters. The van der Waals surface area contributed by atoms with Crippen molar-refractivity contribution in [2.24, 2.45) is 0 Å². The second-order valence-corrected chi connectivity index (χ2v) is 4.08. The molecule has 1 heterocycles. The van der Waals surface area contributed by atoms with E-state index in [2.05, 4.69) is 10.3 Å². The zero-order chi connectivity index (χ0) is 12.3. The summed E-state index contributed by atoms with van der Waals surface area (Å²) in [5.74, 6) is -0.247. The summed E-state index contributed by atoms with van der Waals surface area (Å²) in [4.78, 5) is 4.21. The van der Waals surface area contributed by atoms with Crippen LogP contribution in [0, 0.1) is 5.82 Å². The van der Waals surface area contributed by atoms with Gasteiger partial charge in [0.05, 0.1) is 16.8 Å². The molecule has 17 heavy (non-hydrogen) atoms. The fraction of sp³-hybridized carbons (Fsp3) is 0.154. The van der Waals surface area contributed by atoms with Crippen molar-refractivity contribution >= 4 is 11.6 Å². The van der Waals surface area contributed by atoms with Gasteiger partial charge in [-0.05, 0) is 25.2 Å². The number of hydrogen-bond donors (Lipinski definition) is 1. The normalized spacial score (nSPS) is 12.4. The van der Waals surface area contributed by atoms with Gasteiger partial charge in [0.15, 0.2) is 0 Å². The predicted octanol–water partition coefficient (Wildman–Crippen LogP) is 3.18. The summed E-state index contributed by atoms with van der Waals surface area (Å²) >= 11 is 5.78. The predicted molar refractivity (Wildman–Crippen MR) is 66.5 cm³/mol. The summed E-state index contributed by atoms with van der Waals surface area (Å²) in [5.41, 5.74) is 1.31. The van der Waals surface area contributed by atoms with E-state index in [4.69, 9.17) is 11.6 Å². The van der Waals surface area contributed by atoms with Crippen LogP contribution in [0.5, 0.6) is 0 Å². The van der Waals surface area contributed by atoms with Gasteiger partial charge in [-0.15, -0.1) is 0 Å². The van der Waals surface area contributed by atoms with E-state index in [1.165, 1.54) is 6.07 Å². The Morgan fingerprint density at radius 3 is 2.59 bits per heavy atom. The fourth-order valence-corrected chi connectivity index (χ4v) is 1.84. The molecule has 0 radical (unpaired) electrons. The van der Waals surface area contributed by atoms with Crippen LogP contribution in [0.15, 0.2) is 42.6 Å². The van der Waals surface area contributed by atoms with Crippen molar-refractivity contribution in [3.63, 3.8) is 0 Å². The maximum absolute atomic E-state index is 13.7. The van der Waals surface area contributed by atoms with Gasteiger partial charge < -0.3 is 5.32 Å². The van der Waals surface area contributed by atoms with Gasteiger partial charge in [-0.3, -0.25) is 4.98 Å². The summed E-state index contributed by atoms with van der Waals surface area (Å²) in [6, 6.07) is 9.92. The minimum atomic E-state index is -0.270. The molecule has 2 rings (SSSR count). The Kier molecular flexibility index (Phi) is 3.71. The molecule has 2 aromatic rings. The van der Waals surface area contributed by atoms with Crippen LogP contribution in [0.3, 0.4) is 0 Å². The van der Waals surface area contributed by atoms with Crippen LogP contribution in [0.4, 0.5) is 4.39 Å². The van der Waals surface area contributed by atoms with Gasteiger partial charge in [-0.1, -0.05) is 29.8 Å². The van der Waals surface area contributed by atoms with Crippen LogP contribution < -0.4 is 5.32 Å². The van der Waals surface area contributed by atoms with Crippen molar-refractivity contribution in [2.75, 3.05) is 7.05 Å². The third-order valence-corrected chi connectivity index (χ3v) is 2.77. The Morgan fingerprint density at radius 2 is 2.00 bits per heavy atom. The highest BCUT2D eigenvalue weighted by Crippen LogP contribution is 2.23. The number of pyridine rings is 1. The molecule has 0 bridgehead atoms. The molecule has 0 fully saturated rings. The van der Waals surface area contributed by atoms with Crippen LogP contribution in [-0.4, -0.2) is 12.0 Å². The van der Waals surface area contributed by atoms with Crippen LogP contribution >= 0.6 is 11.6 Å². The highest BCUT2D eigenvalue weighted by molar-refractivity contribution is 6.30. The van der Waals surface area contributed by atoms with Gasteiger partial charge in [0, 0.05) is 11.8 Å². The first-order valence-corrected chi connectivity index (χ1v) is 5.63. The lowest BCUT2D eigenvalue weighted by Gasteiger charge is -2.16. The molecular formula is C13H12ClFN2. The molecule has 4 heteroatoms. The van der Waals surface area contributed by atoms with Crippen LogP contribution in [-0.2, 0) is 0 Å². The topological polar surface area (TPSA) is 24.9 Å². The third-order valence-electron chi connectivity index (χ3n) is 2.55. The number of rotatable bonds is 3. The van der Waals surface area contributed by atoms with E-state index in [1.807, 2.05) is 0 Å². The monoisotopic (exact) mass is 250 g/mol. The second kappa shape index (κ2) is 5.25. The number of nitrogens with one attached hydrogen (secondary N) is 1. The maximum atomic E-state index is 13.7. The largest absolute Gasteiger partial charge is 0.308 e. The van der Waals surface area contributed by atoms with Crippen molar-refractivity contribution in [3.8, 4) is 0 Å². The van der Waals surface area contributed by atoms with E-state index in [1.54, 1.807) is 43.6 Å². The van der Waals surface area contributed by atoms with Gasteiger partial charge >= 0.3 is 0 Å². The molecule has 1 aromatic heterocycles. The third kappa shape index (κ3) is 2.62. The lowest BCUT2D eigenvalue weighted by Crippen LogP contribution is -2.19. The molecule has 0 aliphatic carbocycles. The van der Waals surface area contributed by atoms with Crippen LogP contribution in [0.2, 0.25) is 5.02 Å². The van der Waals surface area contributed by atoms with Gasteiger partial charge in [0.25, 0.3) is 0 Å². The number of hydrogen-bond acceptors (Lipinski definition) is 2. The van der Waals surface area contributed by atoms with Gasteiger partial charge in [0.2, 0.25) is 0 Å². The van der Waals surface area contributed by atoms with E-state index in [0.717, 1.165) is 5.69 Å². The standard InChI is InChI=1S/C13H12ClFN2/c1-16-13(10-4-2-3-5-11(10)15)12-7-6-9(14)8-17-12/h2-8,13,16H,1H3. The Bertz CT molecular complexity index is 499. The van der Waals surface area contributed by atoms with Crippen LogP contribution in [0.1, 0.15) is 17.3 Å². The Balaban J connectivity index is 2.40. The van der Waals surface area contributed by atoms with E-state index in [9.17, 15) is 4.39 Å². The molecule has 1 N–H and O–H groups in total. The SMILES string of the molecule is CNC(c1ccc(Cl)cn1)c1ccccc1F. The van der Waals surface area contributed by atoms with E-state index in [0.29, 0.717) is 10.6 Å². The Hall–Kier alpha value is -1.45. The number of benzene rings is 1. The molecule has 1 atom stereocenters. The van der Waals surface area contributed by atoms with E-state index < -0.39 is 0 Å². The first kappa shape index (κ1) is 12.0. The van der Waals surface area contributed by atoms with Crippen LogP contribution in [0.25, 0.3) is 0 Å². The smallest absolute Gasteiger partial charge is 0.128 e. The van der Waals surface area contributed by atoms with Crippen molar-refractivity contribution in [1.29, 1.82) is 0 Å². The molecular weight excluding hydrogens is 239 g/mol. The summed E-state index contributed by atoms with van der Waals surface area (Å²) in [7, 11) is 1.77. The molecule has 1 aromatic carbocycles. The maximum Gasteiger partial charge on any atom is 0.128 e. The molecule has 2 nitrogen and oxygen atoms in total. The zero-order valence-corrected chi connectivity index (χ0v) is 10.1. The summed E-state index contributed by atoms with van der Waals surface area (Å²) in [5, 5.41) is 3.62. The van der Waals surface area contributed by atoms with E-state index in [-0.39, 0.29) is 11.9 Å². The minimum Gasteiger partial charge on any atom is -0.308 e. The van der Waals surface area contributed by atoms with Crippen molar-refractivity contribution in [3.05, 3.63) is 64.7 Å². The first-order valence-electron chi connectivity index (χ1n) is 5.25. The molecule has 0 aliphatic heterocycles. The van der Waals surface area contributed by atoms with Crippen molar-refractivity contribution in [2.45, 2.75) is 6.04 Å². The summed E-state index contributed by atoms with van der Waals surface area (Å²) in [6.45, 7) is 0. The minimum absolute atomic E-state index is 0.247. The number of nitrogens with zero attached hydrogens (tertiary/aromatic N) is 1. The number of aromatic nitrogens is 1. The molecule has 0 aliphatic rings. The lowest BCUT2D eigenvalue weighted by atomic mass is 10.0. The van der Waals surface area contributed by atoms with Gasteiger partial charge in [0.1, 0.15) is 5.82 Å². The zero-order valence-electron chi connectivity index (χ0n) is 9.32. The molecule has 88 valence electrons. The molecule has 0 amide bonds. The fourth-order valence-electron chi connectivity index (χ4n) is 1.73. The lowest BCUT2D eigenvalue weighted by molar-refractivity contribution is 0.570.